The number of nitrogens with one attached hydrogen (secondary N) is 1. The Balaban J connectivity index is 1.61. The van der Waals surface area contributed by atoms with Gasteiger partial charge in [-0.2, -0.15) is 0 Å². The van der Waals surface area contributed by atoms with Crippen LogP contribution in [-0.2, 0) is 16.0 Å². The topological polar surface area (TPSA) is 41.6 Å². The van der Waals surface area contributed by atoms with Crippen molar-refractivity contribution < 1.29 is 9.53 Å². The van der Waals surface area contributed by atoms with E-state index in [2.05, 4.69) is 54.4 Å². The molecule has 4 heteroatoms. The summed E-state index contributed by atoms with van der Waals surface area (Å²) in [6.07, 6.45) is 1.29. The number of carbonyl (C=O) groups is 1. The standard InChI is InChI=1S/C23H30N2O2/c1-18-8-9-20(19(2)16-18)10-11-23(26)24-22(21-6-4-3-5-7-21)17-25-12-14-27-15-13-25/h3-9,16,22H,10-15,17H2,1-2H3,(H,24,26). The lowest BCUT2D eigenvalue weighted by Crippen LogP contribution is -2.43. The molecule has 1 N–H and O–H groups in total. The summed E-state index contributed by atoms with van der Waals surface area (Å²) in [7, 11) is 0. The van der Waals surface area contributed by atoms with Gasteiger partial charge in [0.05, 0.1) is 19.3 Å². The van der Waals surface area contributed by atoms with Gasteiger partial charge >= 0.3 is 0 Å². The quantitative estimate of drug-likeness (QED) is 0.816. The molecule has 1 atom stereocenters. The molecule has 4 nitrogen and oxygen atoms in total. The van der Waals surface area contributed by atoms with E-state index >= 15 is 0 Å². The smallest absolute Gasteiger partial charge is 0.220 e. The first kappa shape index (κ1) is 19.6. The summed E-state index contributed by atoms with van der Waals surface area (Å²) >= 11 is 0. The Morgan fingerprint density at radius 1 is 1.11 bits per heavy atom. The molecule has 1 amide bonds. The van der Waals surface area contributed by atoms with Gasteiger partial charge in [-0.1, -0.05) is 54.1 Å². The number of carbonyl (C=O) groups excluding carboxylic acids is 1. The van der Waals surface area contributed by atoms with E-state index in [-0.39, 0.29) is 11.9 Å². The molecule has 27 heavy (non-hydrogen) atoms. The van der Waals surface area contributed by atoms with Crippen LogP contribution in [0.1, 0.15) is 34.7 Å². The lowest BCUT2D eigenvalue weighted by Gasteiger charge is -2.31. The molecule has 2 aromatic rings. The SMILES string of the molecule is Cc1ccc(CCC(=O)NC(CN2CCOCC2)c2ccccc2)c(C)c1. The van der Waals surface area contributed by atoms with Gasteiger partial charge in [-0.25, -0.2) is 0 Å². The minimum Gasteiger partial charge on any atom is -0.379 e. The Hall–Kier alpha value is -2.17. The molecule has 0 spiro atoms. The van der Waals surface area contributed by atoms with E-state index in [4.69, 9.17) is 4.74 Å². The molecule has 2 aromatic carbocycles. The summed E-state index contributed by atoms with van der Waals surface area (Å²) in [4.78, 5) is 15.0. The van der Waals surface area contributed by atoms with Crippen molar-refractivity contribution in [1.29, 1.82) is 0 Å². The molecular weight excluding hydrogens is 336 g/mol. The summed E-state index contributed by atoms with van der Waals surface area (Å²) in [5.74, 6) is 0.108. The number of rotatable bonds is 7. The second kappa shape index (κ2) is 9.67. The van der Waals surface area contributed by atoms with Crippen LogP contribution in [0.5, 0.6) is 0 Å². The zero-order valence-electron chi connectivity index (χ0n) is 16.4. The van der Waals surface area contributed by atoms with E-state index in [1.165, 1.54) is 16.7 Å². The third-order valence-corrected chi connectivity index (χ3v) is 5.20. The van der Waals surface area contributed by atoms with Crippen LogP contribution in [0.3, 0.4) is 0 Å². The van der Waals surface area contributed by atoms with E-state index in [1.54, 1.807) is 0 Å². The molecule has 1 fully saturated rings. The van der Waals surface area contributed by atoms with Crippen molar-refractivity contribution >= 4 is 5.91 Å². The second-order valence-electron chi connectivity index (χ2n) is 7.37. The first-order chi connectivity index (χ1) is 13.1. The van der Waals surface area contributed by atoms with Crippen molar-refractivity contribution in [1.82, 2.24) is 10.2 Å². The first-order valence-electron chi connectivity index (χ1n) is 9.82. The van der Waals surface area contributed by atoms with E-state index in [0.29, 0.717) is 6.42 Å². The highest BCUT2D eigenvalue weighted by Gasteiger charge is 2.20. The number of aryl methyl sites for hydroxylation is 3. The number of benzene rings is 2. The first-order valence-corrected chi connectivity index (χ1v) is 9.82. The Labute approximate surface area is 162 Å². The Bertz CT molecular complexity index is 739. The highest BCUT2D eigenvalue weighted by atomic mass is 16.5. The van der Waals surface area contributed by atoms with Gasteiger partial charge in [-0.3, -0.25) is 9.69 Å². The summed E-state index contributed by atoms with van der Waals surface area (Å²) < 4.78 is 5.45. The predicted octanol–water partition coefficient (Wildman–Crippen LogP) is 3.43. The number of amides is 1. The highest BCUT2D eigenvalue weighted by molar-refractivity contribution is 5.76. The van der Waals surface area contributed by atoms with Gasteiger partial charge in [0.15, 0.2) is 0 Å². The van der Waals surface area contributed by atoms with Gasteiger partial charge in [-0.05, 0) is 37.0 Å². The molecule has 144 valence electrons. The van der Waals surface area contributed by atoms with Crippen LogP contribution >= 0.6 is 0 Å². The van der Waals surface area contributed by atoms with Crippen LogP contribution in [0.25, 0.3) is 0 Å². The van der Waals surface area contributed by atoms with E-state index < -0.39 is 0 Å². The number of ether oxygens (including phenoxy) is 1. The van der Waals surface area contributed by atoms with Gasteiger partial charge in [0.1, 0.15) is 0 Å². The van der Waals surface area contributed by atoms with Crippen LogP contribution in [0, 0.1) is 13.8 Å². The van der Waals surface area contributed by atoms with Crippen molar-refractivity contribution in [2.75, 3.05) is 32.8 Å². The summed E-state index contributed by atoms with van der Waals surface area (Å²) in [5, 5.41) is 3.26. The number of hydrogen-bond donors (Lipinski definition) is 1. The number of hydrogen-bond acceptors (Lipinski definition) is 3. The molecule has 0 bridgehead atoms. The molecule has 1 aliphatic heterocycles. The largest absolute Gasteiger partial charge is 0.379 e. The Morgan fingerprint density at radius 2 is 1.85 bits per heavy atom. The maximum Gasteiger partial charge on any atom is 0.220 e. The fourth-order valence-corrected chi connectivity index (χ4v) is 3.60. The highest BCUT2D eigenvalue weighted by Crippen LogP contribution is 2.17. The van der Waals surface area contributed by atoms with Crippen LogP contribution in [0.2, 0.25) is 0 Å². The molecule has 1 saturated heterocycles. The molecule has 1 unspecified atom stereocenters. The van der Waals surface area contributed by atoms with Crippen molar-refractivity contribution in [2.45, 2.75) is 32.7 Å². The summed E-state index contributed by atoms with van der Waals surface area (Å²) in [6.45, 7) is 8.40. The van der Waals surface area contributed by atoms with Crippen molar-refractivity contribution in [3.05, 3.63) is 70.8 Å². The van der Waals surface area contributed by atoms with Crippen LogP contribution in [0.15, 0.2) is 48.5 Å². The van der Waals surface area contributed by atoms with Crippen molar-refractivity contribution in [3.63, 3.8) is 0 Å². The fraction of sp³-hybridized carbons (Fsp3) is 0.435. The Morgan fingerprint density at radius 3 is 2.56 bits per heavy atom. The van der Waals surface area contributed by atoms with E-state index in [0.717, 1.165) is 44.8 Å². The summed E-state index contributed by atoms with van der Waals surface area (Å²) in [6, 6.07) is 16.7. The number of nitrogens with zero attached hydrogens (tertiary/aromatic N) is 1. The third kappa shape index (κ3) is 5.91. The Kier molecular flexibility index (Phi) is 7.02. The molecule has 3 rings (SSSR count). The lowest BCUT2D eigenvalue weighted by molar-refractivity contribution is -0.122. The fourth-order valence-electron chi connectivity index (χ4n) is 3.60. The van der Waals surface area contributed by atoms with Gasteiger partial charge in [-0.15, -0.1) is 0 Å². The predicted molar refractivity (Wildman–Crippen MR) is 109 cm³/mol. The van der Waals surface area contributed by atoms with E-state index in [9.17, 15) is 4.79 Å². The normalized spacial score (nSPS) is 16.1. The molecule has 0 radical (unpaired) electrons. The molecule has 0 aliphatic carbocycles. The minimum atomic E-state index is 0.0101. The van der Waals surface area contributed by atoms with Gasteiger partial charge in [0.25, 0.3) is 0 Å². The monoisotopic (exact) mass is 366 g/mol. The summed E-state index contributed by atoms with van der Waals surface area (Å²) in [5.41, 5.74) is 4.93. The second-order valence-corrected chi connectivity index (χ2v) is 7.37. The van der Waals surface area contributed by atoms with Crippen molar-refractivity contribution in [2.24, 2.45) is 0 Å². The van der Waals surface area contributed by atoms with Crippen molar-refractivity contribution in [3.8, 4) is 0 Å². The number of morpholine rings is 1. The van der Waals surface area contributed by atoms with Crippen LogP contribution in [-0.4, -0.2) is 43.7 Å². The van der Waals surface area contributed by atoms with Gasteiger partial charge in [0, 0.05) is 26.1 Å². The zero-order valence-corrected chi connectivity index (χ0v) is 16.4. The minimum absolute atomic E-state index is 0.0101. The lowest BCUT2D eigenvalue weighted by atomic mass is 10.0. The average Bonchev–Trinajstić information content (AvgIpc) is 2.68. The molecule has 1 aliphatic rings. The average molecular weight is 367 g/mol. The molecular formula is C23H30N2O2. The molecule has 0 saturated carbocycles. The van der Waals surface area contributed by atoms with Crippen LogP contribution in [0.4, 0.5) is 0 Å². The maximum atomic E-state index is 12.7. The van der Waals surface area contributed by atoms with Gasteiger partial charge in [0.2, 0.25) is 5.91 Å². The maximum absolute atomic E-state index is 12.7. The third-order valence-electron chi connectivity index (χ3n) is 5.20. The molecule has 1 heterocycles. The van der Waals surface area contributed by atoms with Gasteiger partial charge < -0.3 is 10.1 Å². The van der Waals surface area contributed by atoms with Crippen LogP contribution < -0.4 is 5.32 Å². The molecule has 0 aromatic heterocycles. The zero-order chi connectivity index (χ0) is 19.1. The van der Waals surface area contributed by atoms with E-state index in [1.807, 2.05) is 18.2 Å².